The lowest BCUT2D eigenvalue weighted by Crippen LogP contribution is -2.25. The first-order valence-electron chi connectivity index (χ1n) is 6.28. The van der Waals surface area contributed by atoms with Crippen LogP contribution in [-0.4, -0.2) is 38.5 Å². The Kier molecular flexibility index (Phi) is 7.19. The summed E-state index contributed by atoms with van der Waals surface area (Å²) >= 11 is 1.70. The second kappa shape index (κ2) is 8.39. The fourth-order valence-corrected chi connectivity index (χ4v) is 2.85. The molecule has 19 heavy (non-hydrogen) atoms. The van der Waals surface area contributed by atoms with E-state index >= 15 is 0 Å². The van der Waals surface area contributed by atoms with E-state index in [0.717, 1.165) is 25.1 Å². The first-order valence-corrected chi connectivity index (χ1v) is 9.16. The van der Waals surface area contributed by atoms with Crippen LogP contribution in [0.1, 0.15) is 19.8 Å². The summed E-state index contributed by atoms with van der Waals surface area (Å²) in [7, 11) is -3.43. The SMILES string of the molecule is CCCNc1ccc(S(=O)(=O)NCCCSC)cn1. The number of pyridine rings is 1. The van der Waals surface area contributed by atoms with E-state index in [1.807, 2.05) is 6.26 Å². The zero-order valence-corrected chi connectivity index (χ0v) is 13.0. The van der Waals surface area contributed by atoms with Gasteiger partial charge in [-0.15, -0.1) is 0 Å². The number of thioether (sulfide) groups is 1. The molecule has 2 N–H and O–H groups in total. The third kappa shape index (κ3) is 5.80. The van der Waals surface area contributed by atoms with Gasteiger partial charge in [0.1, 0.15) is 10.7 Å². The molecule has 1 aromatic rings. The average molecular weight is 303 g/mol. The number of nitrogens with one attached hydrogen (secondary N) is 2. The first kappa shape index (κ1) is 16.3. The summed E-state index contributed by atoms with van der Waals surface area (Å²) < 4.78 is 26.5. The molecule has 0 aliphatic carbocycles. The number of rotatable bonds is 9. The quantitative estimate of drug-likeness (QED) is 0.682. The largest absolute Gasteiger partial charge is 0.370 e. The number of anilines is 1. The lowest BCUT2D eigenvalue weighted by Gasteiger charge is -2.07. The van der Waals surface area contributed by atoms with Crippen LogP contribution in [0.15, 0.2) is 23.2 Å². The lowest BCUT2D eigenvalue weighted by molar-refractivity contribution is 0.580. The van der Waals surface area contributed by atoms with Gasteiger partial charge in [0.25, 0.3) is 0 Å². The molecule has 0 bridgehead atoms. The fourth-order valence-electron chi connectivity index (χ4n) is 1.40. The van der Waals surface area contributed by atoms with Crippen LogP contribution in [0.3, 0.4) is 0 Å². The monoisotopic (exact) mass is 303 g/mol. The molecule has 0 unspecified atom stereocenters. The molecular formula is C12H21N3O2S2. The minimum Gasteiger partial charge on any atom is -0.370 e. The van der Waals surface area contributed by atoms with Crippen LogP contribution in [-0.2, 0) is 10.0 Å². The van der Waals surface area contributed by atoms with Crippen LogP contribution >= 0.6 is 11.8 Å². The highest BCUT2D eigenvalue weighted by molar-refractivity contribution is 7.98. The normalized spacial score (nSPS) is 11.5. The summed E-state index contributed by atoms with van der Waals surface area (Å²) in [5, 5.41) is 3.10. The van der Waals surface area contributed by atoms with Gasteiger partial charge in [0.15, 0.2) is 0 Å². The lowest BCUT2D eigenvalue weighted by atomic mass is 10.4. The Morgan fingerprint density at radius 1 is 1.32 bits per heavy atom. The molecule has 1 rings (SSSR count). The molecular weight excluding hydrogens is 282 g/mol. The van der Waals surface area contributed by atoms with Crippen molar-refractivity contribution in [2.45, 2.75) is 24.7 Å². The van der Waals surface area contributed by atoms with Gasteiger partial charge in [-0.3, -0.25) is 0 Å². The van der Waals surface area contributed by atoms with Gasteiger partial charge >= 0.3 is 0 Å². The molecule has 0 fully saturated rings. The van der Waals surface area contributed by atoms with E-state index in [1.165, 1.54) is 6.20 Å². The van der Waals surface area contributed by atoms with E-state index in [1.54, 1.807) is 23.9 Å². The molecule has 7 heteroatoms. The van der Waals surface area contributed by atoms with Crippen molar-refractivity contribution in [1.82, 2.24) is 9.71 Å². The minimum atomic E-state index is -3.43. The van der Waals surface area contributed by atoms with Crippen LogP contribution in [0.25, 0.3) is 0 Å². The highest BCUT2D eigenvalue weighted by atomic mass is 32.2. The third-order valence-corrected chi connectivity index (χ3v) is 4.56. The van der Waals surface area contributed by atoms with Crippen LogP contribution in [0.5, 0.6) is 0 Å². The topological polar surface area (TPSA) is 71.1 Å². The summed E-state index contributed by atoms with van der Waals surface area (Å²) in [4.78, 5) is 4.30. The van der Waals surface area contributed by atoms with Gasteiger partial charge < -0.3 is 5.32 Å². The second-order valence-corrected chi connectivity index (χ2v) is 6.80. The fraction of sp³-hybridized carbons (Fsp3) is 0.583. The molecule has 0 aliphatic heterocycles. The van der Waals surface area contributed by atoms with E-state index in [4.69, 9.17) is 0 Å². The summed E-state index contributed by atoms with van der Waals surface area (Å²) in [6.45, 7) is 3.34. The number of hydrogen-bond acceptors (Lipinski definition) is 5. The molecule has 0 aliphatic rings. The zero-order valence-electron chi connectivity index (χ0n) is 11.3. The Balaban J connectivity index is 2.58. The van der Waals surface area contributed by atoms with Crippen LogP contribution in [0, 0.1) is 0 Å². The minimum absolute atomic E-state index is 0.207. The Morgan fingerprint density at radius 2 is 2.11 bits per heavy atom. The van der Waals surface area contributed by atoms with Crippen molar-refractivity contribution >= 4 is 27.6 Å². The van der Waals surface area contributed by atoms with Crippen LogP contribution in [0.2, 0.25) is 0 Å². The maximum Gasteiger partial charge on any atom is 0.242 e. The Hall–Kier alpha value is -0.790. The molecule has 0 saturated heterocycles. The molecule has 1 heterocycles. The molecule has 0 aromatic carbocycles. The molecule has 1 aromatic heterocycles. The Labute approximate surface area is 119 Å². The smallest absolute Gasteiger partial charge is 0.242 e. The number of nitrogens with zero attached hydrogens (tertiary/aromatic N) is 1. The van der Waals surface area contributed by atoms with Crippen molar-refractivity contribution in [3.8, 4) is 0 Å². The van der Waals surface area contributed by atoms with Crippen molar-refractivity contribution in [3.05, 3.63) is 18.3 Å². The molecule has 0 saturated carbocycles. The molecule has 0 amide bonds. The van der Waals surface area contributed by atoms with E-state index in [2.05, 4.69) is 21.9 Å². The van der Waals surface area contributed by atoms with Gasteiger partial charge in [0.05, 0.1) is 0 Å². The summed E-state index contributed by atoms with van der Waals surface area (Å²) in [6.07, 6.45) is 5.21. The zero-order chi connectivity index (χ0) is 14.1. The van der Waals surface area contributed by atoms with Gasteiger partial charge in [0.2, 0.25) is 10.0 Å². The summed E-state index contributed by atoms with van der Waals surface area (Å²) in [5.41, 5.74) is 0. The standard InChI is InChI=1S/C12H21N3O2S2/c1-3-7-13-12-6-5-11(10-14-12)19(16,17)15-8-4-9-18-2/h5-6,10,15H,3-4,7-9H2,1-2H3,(H,13,14). The van der Waals surface area contributed by atoms with Gasteiger partial charge in [0, 0.05) is 19.3 Å². The van der Waals surface area contributed by atoms with Crippen molar-refractivity contribution in [2.24, 2.45) is 0 Å². The average Bonchev–Trinajstić information content (AvgIpc) is 2.42. The van der Waals surface area contributed by atoms with Gasteiger partial charge in [-0.05, 0) is 37.0 Å². The van der Waals surface area contributed by atoms with Crippen molar-refractivity contribution in [1.29, 1.82) is 0 Å². The molecule has 0 spiro atoms. The van der Waals surface area contributed by atoms with Crippen molar-refractivity contribution in [2.75, 3.05) is 30.4 Å². The molecule has 0 atom stereocenters. The molecule has 108 valence electrons. The Bertz CT molecular complexity index is 460. The van der Waals surface area contributed by atoms with Crippen molar-refractivity contribution in [3.63, 3.8) is 0 Å². The second-order valence-electron chi connectivity index (χ2n) is 4.05. The molecule has 0 radical (unpaired) electrons. The highest BCUT2D eigenvalue weighted by Crippen LogP contribution is 2.10. The van der Waals surface area contributed by atoms with Crippen LogP contribution < -0.4 is 10.0 Å². The van der Waals surface area contributed by atoms with Gasteiger partial charge in [-0.25, -0.2) is 18.1 Å². The van der Waals surface area contributed by atoms with E-state index in [-0.39, 0.29) is 4.90 Å². The number of hydrogen-bond donors (Lipinski definition) is 2. The van der Waals surface area contributed by atoms with E-state index in [0.29, 0.717) is 12.4 Å². The maximum atomic E-state index is 11.9. The Morgan fingerprint density at radius 3 is 2.68 bits per heavy atom. The molecule has 5 nitrogen and oxygen atoms in total. The number of sulfonamides is 1. The number of aromatic nitrogens is 1. The van der Waals surface area contributed by atoms with Gasteiger partial charge in [-0.2, -0.15) is 11.8 Å². The van der Waals surface area contributed by atoms with Crippen molar-refractivity contribution < 1.29 is 8.42 Å². The third-order valence-electron chi connectivity index (χ3n) is 2.42. The predicted octanol–water partition coefficient (Wildman–Crippen LogP) is 1.93. The maximum absolute atomic E-state index is 11.9. The van der Waals surface area contributed by atoms with Crippen LogP contribution in [0.4, 0.5) is 5.82 Å². The predicted molar refractivity (Wildman–Crippen MR) is 81.2 cm³/mol. The first-order chi connectivity index (χ1) is 9.10. The van der Waals surface area contributed by atoms with Gasteiger partial charge in [-0.1, -0.05) is 6.92 Å². The van der Waals surface area contributed by atoms with E-state index in [9.17, 15) is 8.42 Å². The summed E-state index contributed by atoms with van der Waals surface area (Å²) in [5.74, 6) is 1.64. The van der Waals surface area contributed by atoms with E-state index < -0.39 is 10.0 Å². The highest BCUT2D eigenvalue weighted by Gasteiger charge is 2.13. The summed E-state index contributed by atoms with van der Waals surface area (Å²) in [6, 6.07) is 3.26.